The lowest BCUT2D eigenvalue weighted by Gasteiger charge is -2.25. The quantitative estimate of drug-likeness (QED) is 0.601. The van der Waals surface area contributed by atoms with E-state index in [1.165, 1.54) is 0 Å². The Labute approximate surface area is 88.2 Å². The summed E-state index contributed by atoms with van der Waals surface area (Å²) in [5, 5.41) is 0. The maximum Gasteiger partial charge on any atom is 0.188 e. The van der Waals surface area contributed by atoms with Crippen molar-refractivity contribution in [1.29, 1.82) is 0 Å². The zero-order valence-electron chi connectivity index (χ0n) is 8.86. The van der Waals surface area contributed by atoms with Gasteiger partial charge in [-0.05, 0) is 26.0 Å². The molecule has 3 atom stereocenters. The minimum atomic E-state index is -0.566. The van der Waals surface area contributed by atoms with Gasteiger partial charge in [0.05, 0.1) is 5.60 Å². The normalized spacial score (nSPS) is 46.7. The highest BCUT2D eigenvalue weighted by Gasteiger charge is 2.55. The number of carbonyl (C=O) groups is 1. The molecule has 2 aliphatic heterocycles. The van der Waals surface area contributed by atoms with Gasteiger partial charge in [0.2, 0.25) is 0 Å². The van der Waals surface area contributed by atoms with E-state index in [-0.39, 0.29) is 18.2 Å². The molecular weight excluding hydrogens is 196 g/mol. The summed E-state index contributed by atoms with van der Waals surface area (Å²) in [4.78, 5) is 11.2. The van der Waals surface area contributed by atoms with Crippen LogP contribution in [0.2, 0.25) is 0 Å². The fourth-order valence-electron chi connectivity index (χ4n) is 2.54. The summed E-state index contributed by atoms with van der Waals surface area (Å²) >= 11 is 0. The van der Waals surface area contributed by atoms with Crippen molar-refractivity contribution in [1.82, 2.24) is 0 Å². The molecule has 0 aromatic heterocycles. The molecule has 2 saturated heterocycles. The van der Waals surface area contributed by atoms with Crippen LogP contribution in [0.15, 0.2) is 12.2 Å². The summed E-state index contributed by atoms with van der Waals surface area (Å²) in [5.41, 5.74) is -0.455. The highest BCUT2D eigenvalue weighted by Crippen LogP contribution is 2.45. The first-order valence-corrected chi connectivity index (χ1v) is 5.24. The molecule has 0 saturated carbocycles. The Hall–Kier alpha value is -0.710. The maximum atomic E-state index is 11.2. The Morgan fingerprint density at radius 2 is 2.13 bits per heavy atom. The molecule has 0 aromatic rings. The molecule has 82 valence electrons. The van der Waals surface area contributed by atoms with E-state index in [4.69, 9.17) is 14.2 Å². The van der Waals surface area contributed by atoms with Gasteiger partial charge in [-0.1, -0.05) is 0 Å². The molecular formula is C11H14O4. The van der Waals surface area contributed by atoms with Crippen LogP contribution in [-0.2, 0) is 19.0 Å². The van der Waals surface area contributed by atoms with Crippen LogP contribution in [0.1, 0.15) is 26.7 Å². The van der Waals surface area contributed by atoms with Crippen LogP contribution in [0.3, 0.4) is 0 Å². The van der Waals surface area contributed by atoms with Gasteiger partial charge in [0, 0.05) is 12.8 Å². The zero-order valence-corrected chi connectivity index (χ0v) is 8.86. The summed E-state index contributed by atoms with van der Waals surface area (Å²) in [6.45, 7) is 3.74. The van der Waals surface area contributed by atoms with Gasteiger partial charge >= 0.3 is 0 Å². The number of hydrogen-bond acceptors (Lipinski definition) is 4. The first kappa shape index (κ1) is 9.51. The second-order valence-electron chi connectivity index (χ2n) is 4.91. The number of hydrogen-bond donors (Lipinski definition) is 0. The minimum absolute atomic E-state index is 0.0458. The summed E-state index contributed by atoms with van der Waals surface area (Å²) in [7, 11) is 0. The second kappa shape index (κ2) is 2.70. The molecule has 4 heteroatoms. The third-order valence-corrected chi connectivity index (χ3v) is 3.08. The smallest absolute Gasteiger partial charge is 0.188 e. The average Bonchev–Trinajstić information content (AvgIpc) is 2.64. The Morgan fingerprint density at radius 3 is 2.73 bits per heavy atom. The topological polar surface area (TPSA) is 44.8 Å². The van der Waals surface area contributed by atoms with Gasteiger partial charge < -0.3 is 14.2 Å². The van der Waals surface area contributed by atoms with Crippen LogP contribution < -0.4 is 0 Å². The monoisotopic (exact) mass is 210 g/mol. The summed E-state index contributed by atoms with van der Waals surface area (Å²) in [5.74, 6) is -0.447. The van der Waals surface area contributed by atoms with Crippen LogP contribution in [0.5, 0.6) is 0 Å². The van der Waals surface area contributed by atoms with Crippen molar-refractivity contribution in [3.8, 4) is 0 Å². The van der Waals surface area contributed by atoms with Crippen LogP contribution >= 0.6 is 0 Å². The zero-order chi connectivity index (χ0) is 10.7. The molecule has 0 radical (unpaired) electrons. The molecule has 2 fully saturated rings. The SMILES string of the molecule is CC1(C)O[C@H]2O[C@]3(C=CC(=O)C3)C[C@H]2O1. The van der Waals surface area contributed by atoms with E-state index in [1.807, 2.05) is 19.9 Å². The van der Waals surface area contributed by atoms with Gasteiger partial charge in [0.25, 0.3) is 0 Å². The number of ketones is 1. The van der Waals surface area contributed by atoms with Gasteiger partial charge in [0.1, 0.15) is 6.10 Å². The van der Waals surface area contributed by atoms with Gasteiger partial charge in [-0.3, -0.25) is 4.79 Å². The van der Waals surface area contributed by atoms with E-state index >= 15 is 0 Å². The lowest BCUT2D eigenvalue weighted by atomic mass is 9.98. The Bertz CT molecular complexity index is 328. The molecule has 0 N–H and O–H groups in total. The Balaban J connectivity index is 1.78. The van der Waals surface area contributed by atoms with E-state index < -0.39 is 11.4 Å². The van der Waals surface area contributed by atoms with Crippen molar-refractivity contribution in [2.75, 3.05) is 0 Å². The molecule has 3 rings (SSSR count). The van der Waals surface area contributed by atoms with Crippen molar-refractivity contribution in [2.45, 2.75) is 50.5 Å². The first-order valence-electron chi connectivity index (χ1n) is 5.24. The summed E-state index contributed by atoms with van der Waals surface area (Å²) < 4.78 is 17.1. The van der Waals surface area contributed by atoms with Crippen LogP contribution in [0, 0.1) is 0 Å². The van der Waals surface area contributed by atoms with Crippen molar-refractivity contribution >= 4 is 5.78 Å². The average molecular weight is 210 g/mol. The third kappa shape index (κ3) is 1.44. The molecule has 0 bridgehead atoms. The van der Waals surface area contributed by atoms with E-state index in [0.29, 0.717) is 12.8 Å². The van der Waals surface area contributed by atoms with Crippen LogP contribution in [0.25, 0.3) is 0 Å². The van der Waals surface area contributed by atoms with Gasteiger partial charge in [-0.15, -0.1) is 0 Å². The molecule has 1 aliphatic carbocycles. The van der Waals surface area contributed by atoms with Crippen LogP contribution in [0.4, 0.5) is 0 Å². The standard InChI is InChI=1S/C11H14O4/c1-10(2)13-8-6-11(15-9(8)14-10)4-3-7(12)5-11/h3-4,8-9H,5-6H2,1-2H3/t8-,9+,11+/m1/s1. The molecule has 0 unspecified atom stereocenters. The maximum absolute atomic E-state index is 11.2. The van der Waals surface area contributed by atoms with Crippen LogP contribution in [-0.4, -0.2) is 29.6 Å². The lowest BCUT2D eigenvalue weighted by molar-refractivity contribution is -0.216. The molecule has 0 amide bonds. The van der Waals surface area contributed by atoms with E-state index in [0.717, 1.165) is 0 Å². The molecule has 0 aromatic carbocycles. The van der Waals surface area contributed by atoms with Crippen molar-refractivity contribution in [3.63, 3.8) is 0 Å². The third-order valence-electron chi connectivity index (χ3n) is 3.08. The molecule has 15 heavy (non-hydrogen) atoms. The lowest BCUT2D eigenvalue weighted by Crippen LogP contribution is -2.30. The highest BCUT2D eigenvalue weighted by molar-refractivity contribution is 5.93. The van der Waals surface area contributed by atoms with Gasteiger partial charge in [-0.25, -0.2) is 0 Å². The predicted octanol–water partition coefficient (Wildman–Crippen LogP) is 1.15. The number of rotatable bonds is 0. The Kier molecular flexibility index (Phi) is 1.71. The van der Waals surface area contributed by atoms with Crippen molar-refractivity contribution in [3.05, 3.63) is 12.2 Å². The first-order chi connectivity index (χ1) is 6.98. The highest BCUT2D eigenvalue weighted by atomic mass is 16.8. The fraction of sp³-hybridized carbons (Fsp3) is 0.727. The number of allylic oxidation sites excluding steroid dienone is 1. The van der Waals surface area contributed by atoms with E-state index in [1.54, 1.807) is 6.08 Å². The van der Waals surface area contributed by atoms with E-state index in [9.17, 15) is 4.79 Å². The van der Waals surface area contributed by atoms with Crippen molar-refractivity contribution < 1.29 is 19.0 Å². The predicted molar refractivity (Wildman–Crippen MR) is 51.0 cm³/mol. The summed E-state index contributed by atoms with van der Waals surface area (Å²) in [6.07, 6.45) is 4.20. The van der Waals surface area contributed by atoms with Crippen molar-refractivity contribution in [2.24, 2.45) is 0 Å². The number of carbonyl (C=O) groups excluding carboxylic acids is 1. The van der Waals surface area contributed by atoms with Gasteiger partial charge in [-0.2, -0.15) is 0 Å². The van der Waals surface area contributed by atoms with Gasteiger partial charge in [0.15, 0.2) is 17.9 Å². The number of ether oxygens (including phenoxy) is 3. The molecule has 3 aliphatic rings. The second-order valence-corrected chi connectivity index (χ2v) is 4.91. The fourth-order valence-corrected chi connectivity index (χ4v) is 2.54. The molecule has 4 nitrogen and oxygen atoms in total. The van der Waals surface area contributed by atoms with E-state index in [2.05, 4.69) is 0 Å². The largest absolute Gasteiger partial charge is 0.342 e. The molecule has 1 spiro atoms. The Morgan fingerprint density at radius 1 is 1.33 bits per heavy atom. The summed E-state index contributed by atoms with van der Waals surface area (Å²) in [6, 6.07) is 0. The number of fused-ring (bicyclic) bond motifs is 1. The minimum Gasteiger partial charge on any atom is -0.342 e. The molecule has 2 heterocycles.